The highest BCUT2D eigenvalue weighted by molar-refractivity contribution is 5.85. The zero-order valence-electron chi connectivity index (χ0n) is 19.5. The van der Waals surface area contributed by atoms with Crippen LogP contribution in [0.25, 0.3) is 11.1 Å². The number of carbonyl (C=O) groups is 3. The van der Waals surface area contributed by atoms with Crippen LogP contribution in [0.2, 0.25) is 0 Å². The third-order valence-corrected chi connectivity index (χ3v) is 7.13. The number of nitrogens with zero attached hydrogens (tertiary/aromatic N) is 1. The number of hydrogen-bond donors (Lipinski definition) is 2. The van der Waals surface area contributed by atoms with Crippen molar-refractivity contribution in [3.8, 4) is 11.1 Å². The molecule has 1 fully saturated rings. The van der Waals surface area contributed by atoms with Crippen molar-refractivity contribution < 1.29 is 24.2 Å². The van der Waals surface area contributed by atoms with Crippen molar-refractivity contribution in [1.82, 2.24) is 10.2 Å². The number of carboxylic acid groups (broad SMARTS) is 1. The molecule has 2 aliphatic rings. The molecule has 0 saturated carbocycles. The predicted molar refractivity (Wildman–Crippen MR) is 128 cm³/mol. The molecule has 2 atom stereocenters. The molecule has 2 amide bonds. The first kappa shape index (κ1) is 23.8. The van der Waals surface area contributed by atoms with Crippen molar-refractivity contribution in [2.75, 3.05) is 19.7 Å². The smallest absolute Gasteiger partial charge is 0.407 e. The van der Waals surface area contributed by atoms with Crippen molar-refractivity contribution in [2.24, 2.45) is 5.92 Å². The van der Waals surface area contributed by atoms with Crippen LogP contribution in [0.3, 0.4) is 0 Å². The molecular formula is C27H32N2O5. The van der Waals surface area contributed by atoms with Gasteiger partial charge < -0.3 is 20.1 Å². The lowest BCUT2D eigenvalue weighted by Gasteiger charge is -2.38. The van der Waals surface area contributed by atoms with E-state index in [1.807, 2.05) is 24.3 Å². The fourth-order valence-electron chi connectivity index (χ4n) is 4.99. The molecule has 34 heavy (non-hydrogen) atoms. The van der Waals surface area contributed by atoms with Crippen LogP contribution in [-0.2, 0) is 14.3 Å². The first-order chi connectivity index (χ1) is 16.5. The summed E-state index contributed by atoms with van der Waals surface area (Å²) in [7, 11) is 0. The first-order valence-electron chi connectivity index (χ1n) is 12.1. The summed E-state index contributed by atoms with van der Waals surface area (Å²) in [5.74, 6) is -0.716. The SMILES string of the molecule is CCC(CCNC(=O)OCC1c2ccccc2-c2ccccc21)CCC(=O)N1CCC1C(=O)O. The lowest BCUT2D eigenvalue weighted by atomic mass is 9.95. The summed E-state index contributed by atoms with van der Waals surface area (Å²) >= 11 is 0. The molecule has 1 aliphatic carbocycles. The van der Waals surface area contributed by atoms with Gasteiger partial charge in [0.2, 0.25) is 5.91 Å². The van der Waals surface area contributed by atoms with Crippen LogP contribution in [0.1, 0.15) is 56.1 Å². The van der Waals surface area contributed by atoms with E-state index in [1.165, 1.54) is 27.2 Å². The molecule has 2 N–H and O–H groups in total. The van der Waals surface area contributed by atoms with E-state index in [2.05, 4.69) is 36.5 Å². The average Bonchev–Trinajstić information content (AvgIpc) is 3.12. The molecule has 7 heteroatoms. The molecule has 0 bridgehead atoms. The summed E-state index contributed by atoms with van der Waals surface area (Å²) in [6.45, 7) is 3.35. The Hall–Kier alpha value is -3.35. The normalized spacial score (nSPS) is 17.3. The number of amides is 2. The summed E-state index contributed by atoms with van der Waals surface area (Å²) in [6, 6.07) is 15.8. The van der Waals surface area contributed by atoms with E-state index in [0.717, 1.165) is 12.8 Å². The Balaban J connectivity index is 1.20. The maximum atomic E-state index is 12.3. The van der Waals surface area contributed by atoms with Crippen LogP contribution in [0.5, 0.6) is 0 Å². The maximum Gasteiger partial charge on any atom is 0.407 e. The van der Waals surface area contributed by atoms with E-state index in [-0.39, 0.29) is 24.3 Å². The standard InChI is InChI=1S/C27H32N2O5/c1-2-18(11-12-25(30)29-16-14-24(29)26(31)32)13-15-28-27(33)34-17-23-21-9-5-3-7-19(21)20-8-4-6-10-22(20)23/h3-10,18,23-24H,2,11-17H2,1H3,(H,28,33)(H,31,32). The van der Waals surface area contributed by atoms with Crippen LogP contribution in [-0.4, -0.2) is 53.7 Å². The quantitative estimate of drug-likeness (QED) is 0.543. The number of ether oxygens (including phenoxy) is 1. The molecule has 1 heterocycles. The maximum absolute atomic E-state index is 12.3. The second-order valence-electron chi connectivity index (χ2n) is 9.08. The van der Waals surface area contributed by atoms with E-state index in [9.17, 15) is 14.4 Å². The average molecular weight is 465 g/mol. The molecule has 2 aromatic rings. The van der Waals surface area contributed by atoms with Crippen molar-refractivity contribution in [2.45, 2.75) is 51.0 Å². The number of carbonyl (C=O) groups excluding carboxylic acids is 2. The summed E-state index contributed by atoms with van der Waals surface area (Å²) in [6.07, 6.45) is 2.76. The molecular weight excluding hydrogens is 432 g/mol. The molecule has 0 aromatic heterocycles. The van der Waals surface area contributed by atoms with Crippen LogP contribution < -0.4 is 5.32 Å². The van der Waals surface area contributed by atoms with Gasteiger partial charge in [0.15, 0.2) is 0 Å². The molecule has 0 spiro atoms. The molecule has 180 valence electrons. The van der Waals surface area contributed by atoms with E-state index in [0.29, 0.717) is 32.4 Å². The first-order valence-corrected chi connectivity index (χ1v) is 12.1. The number of likely N-dealkylation sites (tertiary alicyclic amines) is 1. The highest BCUT2D eigenvalue weighted by Crippen LogP contribution is 2.44. The second-order valence-corrected chi connectivity index (χ2v) is 9.08. The van der Waals surface area contributed by atoms with Gasteiger partial charge in [0.1, 0.15) is 12.6 Å². The van der Waals surface area contributed by atoms with Crippen LogP contribution in [0.4, 0.5) is 4.79 Å². The van der Waals surface area contributed by atoms with Gasteiger partial charge in [-0.2, -0.15) is 0 Å². The Morgan fingerprint density at radius 1 is 1.06 bits per heavy atom. The zero-order chi connectivity index (χ0) is 24.1. The van der Waals surface area contributed by atoms with E-state index in [1.54, 1.807) is 0 Å². The third kappa shape index (κ3) is 5.08. The Kier molecular flexibility index (Phi) is 7.50. The number of nitrogens with one attached hydrogen (secondary N) is 1. The number of benzene rings is 2. The topological polar surface area (TPSA) is 95.9 Å². The highest BCUT2D eigenvalue weighted by Gasteiger charge is 2.37. The monoisotopic (exact) mass is 464 g/mol. The predicted octanol–water partition coefficient (Wildman–Crippen LogP) is 4.41. The Morgan fingerprint density at radius 2 is 1.71 bits per heavy atom. The fraction of sp³-hybridized carbons (Fsp3) is 0.444. The van der Waals surface area contributed by atoms with Gasteiger partial charge in [-0.05, 0) is 47.4 Å². The number of hydrogen-bond acceptors (Lipinski definition) is 4. The molecule has 7 nitrogen and oxygen atoms in total. The molecule has 2 aromatic carbocycles. The number of rotatable bonds is 10. The van der Waals surface area contributed by atoms with Crippen molar-refractivity contribution >= 4 is 18.0 Å². The van der Waals surface area contributed by atoms with Gasteiger partial charge in [0.25, 0.3) is 0 Å². The van der Waals surface area contributed by atoms with Crippen molar-refractivity contribution in [3.05, 3.63) is 59.7 Å². The van der Waals surface area contributed by atoms with Gasteiger partial charge in [-0.3, -0.25) is 4.79 Å². The number of fused-ring (bicyclic) bond motifs is 3. The van der Waals surface area contributed by atoms with Crippen LogP contribution >= 0.6 is 0 Å². The minimum absolute atomic E-state index is 0.0312. The second kappa shape index (κ2) is 10.7. The highest BCUT2D eigenvalue weighted by atomic mass is 16.5. The number of aliphatic carboxylic acids is 1. The molecule has 4 rings (SSSR count). The Labute approximate surface area is 200 Å². The summed E-state index contributed by atoms with van der Waals surface area (Å²) < 4.78 is 5.57. The third-order valence-electron chi connectivity index (χ3n) is 7.13. The van der Waals surface area contributed by atoms with Crippen LogP contribution in [0.15, 0.2) is 48.5 Å². The lowest BCUT2D eigenvalue weighted by Crippen LogP contribution is -2.55. The largest absolute Gasteiger partial charge is 0.480 e. The summed E-state index contributed by atoms with van der Waals surface area (Å²) in [5.41, 5.74) is 4.75. The Morgan fingerprint density at radius 3 is 2.26 bits per heavy atom. The Bertz CT molecular complexity index is 1010. The van der Waals surface area contributed by atoms with Crippen LogP contribution in [0, 0.1) is 5.92 Å². The number of alkyl carbamates (subject to hydrolysis) is 1. The van der Waals surface area contributed by atoms with Crippen molar-refractivity contribution in [3.63, 3.8) is 0 Å². The van der Waals surface area contributed by atoms with Gasteiger partial charge in [-0.25, -0.2) is 9.59 Å². The summed E-state index contributed by atoms with van der Waals surface area (Å²) in [5, 5.41) is 11.9. The van der Waals surface area contributed by atoms with Crippen molar-refractivity contribution in [1.29, 1.82) is 0 Å². The van der Waals surface area contributed by atoms with Gasteiger partial charge >= 0.3 is 12.1 Å². The lowest BCUT2D eigenvalue weighted by molar-refractivity contribution is -0.157. The van der Waals surface area contributed by atoms with E-state index >= 15 is 0 Å². The molecule has 0 radical (unpaired) electrons. The van der Waals surface area contributed by atoms with Gasteiger partial charge in [0.05, 0.1) is 0 Å². The van der Waals surface area contributed by atoms with Gasteiger partial charge in [-0.1, -0.05) is 61.9 Å². The van der Waals surface area contributed by atoms with E-state index in [4.69, 9.17) is 9.84 Å². The molecule has 2 unspecified atom stereocenters. The molecule has 1 saturated heterocycles. The fourth-order valence-corrected chi connectivity index (χ4v) is 4.99. The minimum Gasteiger partial charge on any atom is -0.480 e. The summed E-state index contributed by atoms with van der Waals surface area (Å²) in [4.78, 5) is 37.2. The van der Waals surface area contributed by atoms with Gasteiger partial charge in [0, 0.05) is 25.4 Å². The minimum atomic E-state index is -0.932. The van der Waals surface area contributed by atoms with Gasteiger partial charge in [-0.15, -0.1) is 0 Å². The number of carboxylic acids is 1. The zero-order valence-corrected chi connectivity index (χ0v) is 19.5. The molecule has 1 aliphatic heterocycles. The van der Waals surface area contributed by atoms with E-state index < -0.39 is 18.1 Å².